The van der Waals surface area contributed by atoms with Crippen molar-refractivity contribution in [3.8, 4) is 0 Å². The molecule has 1 rings (SSSR count). The topological polar surface area (TPSA) is 83.1 Å². The molecule has 30 heavy (non-hydrogen) atoms. The maximum Gasteiger partial charge on any atom is 0.157 e. The van der Waals surface area contributed by atoms with Crippen LogP contribution >= 0.6 is 0 Å². The Morgan fingerprint density at radius 3 is 1.43 bits per heavy atom. The van der Waals surface area contributed by atoms with Gasteiger partial charge in [-0.15, -0.1) is 0 Å². The molecule has 1 aliphatic heterocycles. The average Bonchev–Trinajstić information content (AvgIpc) is 2.78. The van der Waals surface area contributed by atoms with Crippen molar-refractivity contribution < 1.29 is 42.6 Å². The molecule has 0 aromatic heterocycles. The van der Waals surface area contributed by atoms with E-state index in [9.17, 15) is 0 Å². The van der Waals surface area contributed by atoms with Crippen LogP contribution in [0.3, 0.4) is 0 Å². The van der Waals surface area contributed by atoms with Crippen LogP contribution in [0.25, 0.3) is 0 Å². The second-order valence-electron chi connectivity index (χ2n) is 6.38. The smallest absolute Gasteiger partial charge is 0.157 e. The second-order valence-corrected chi connectivity index (χ2v) is 6.38. The summed E-state index contributed by atoms with van der Waals surface area (Å²) in [6.45, 7) is 11.8. The zero-order chi connectivity index (χ0) is 21.4. The average molecular weight is 437 g/mol. The van der Waals surface area contributed by atoms with Crippen molar-refractivity contribution in [2.75, 3.05) is 99.1 Å². The van der Waals surface area contributed by atoms with Gasteiger partial charge in [-0.25, -0.2) is 0 Å². The minimum Gasteiger partial charge on any atom is -0.499 e. The molecule has 0 radical (unpaired) electrons. The van der Waals surface area contributed by atoms with Crippen molar-refractivity contribution >= 4 is 0 Å². The van der Waals surface area contributed by atoms with Gasteiger partial charge in [-0.3, -0.25) is 0 Å². The van der Waals surface area contributed by atoms with E-state index in [4.69, 9.17) is 42.6 Å². The molecule has 1 heterocycles. The van der Waals surface area contributed by atoms with E-state index < -0.39 is 0 Å². The van der Waals surface area contributed by atoms with Gasteiger partial charge in [0.25, 0.3) is 0 Å². The number of rotatable bonds is 23. The second kappa shape index (κ2) is 22.9. The quantitative estimate of drug-likeness (QED) is 0.176. The minimum absolute atomic E-state index is 0.0554. The summed E-state index contributed by atoms with van der Waals surface area (Å²) in [6, 6.07) is 0. The number of ether oxygens (including phenoxy) is 9. The van der Waals surface area contributed by atoms with Crippen molar-refractivity contribution in [1.82, 2.24) is 0 Å². The molecule has 178 valence electrons. The van der Waals surface area contributed by atoms with Gasteiger partial charge in [-0.1, -0.05) is 6.58 Å². The molecule has 0 amide bonds. The lowest BCUT2D eigenvalue weighted by molar-refractivity contribution is -0.169. The highest BCUT2D eigenvalue weighted by molar-refractivity contribution is 4.53. The van der Waals surface area contributed by atoms with Gasteiger partial charge in [0.05, 0.1) is 92.2 Å². The zero-order valence-corrected chi connectivity index (χ0v) is 18.3. The lowest BCUT2D eigenvalue weighted by Crippen LogP contribution is -2.24. The molecule has 0 bridgehead atoms. The first kappa shape index (κ1) is 27.3. The highest BCUT2D eigenvalue weighted by atomic mass is 16.7. The van der Waals surface area contributed by atoms with Gasteiger partial charge in [-0.2, -0.15) is 0 Å². The predicted molar refractivity (Wildman–Crippen MR) is 111 cm³/mol. The molecule has 0 N–H and O–H groups in total. The summed E-state index contributed by atoms with van der Waals surface area (Å²) >= 11 is 0. The summed E-state index contributed by atoms with van der Waals surface area (Å²) < 4.78 is 48.4. The monoisotopic (exact) mass is 436 g/mol. The van der Waals surface area contributed by atoms with E-state index in [2.05, 4.69) is 6.58 Å². The van der Waals surface area contributed by atoms with E-state index in [0.717, 1.165) is 19.4 Å². The minimum atomic E-state index is -0.0554. The van der Waals surface area contributed by atoms with Crippen LogP contribution in [0.4, 0.5) is 0 Å². The Hall–Kier alpha value is -0.780. The molecule has 0 saturated carbocycles. The SMILES string of the molecule is C=COCCOCCOCCOCCOCCOCCOCCOC1CCCCO1. The van der Waals surface area contributed by atoms with Crippen LogP contribution < -0.4 is 0 Å². The van der Waals surface area contributed by atoms with Crippen LogP contribution in [0.5, 0.6) is 0 Å². The van der Waals surface area contributed by atoms with Gasteiger partial charge in [0, 0.05) is 6.61 Å². The van der Waals surface area contributed by atoms with Crippen molar-refractivity contribution in [3.63, 3.8) is 0 Å². The Balaban J connectivity index is 1.63. The molecule has 0 aromatic rings. The highest BCUT2D eigenvalue weighted by Crippen LogP contribution is 2.13. The van der Waals surface area contributed by atoms with Crippen LogP contribution in [0.1, 0.15) is 19.3 Å². The first-order valence-corrected chi connectivity index (χ1v) is 10.9. The third kappa shape index (κ3) is 19.2. The number of hydrogen-bond acceptors (Lipinski definition) is 9. The molecular weight excluding hydrogens is 396 g/mol. The Morgan fingerprint density at radius 1 is 0.600 bits per heavy atom. The van der Waals surface area contributed by atoms with Crippen molar-refractivity contribution in [3.05, 3.63) is 12.8 Å². The maximum absolute atomic E-state index is 5.58. The summed E-state index contributed by atoms with van der Waals surface area (Å²) in [5, 5.41) is 0. The van der Waals surface area contributed by atoms with E-state index in [-0.39, 0.29) is 6.29 Å². The fourth-order valence-corrected chi connectivity index (χ4v) is 2.47. The van der Waals surface area contributed by atoms with Crippen LogP contribution in [-0.2, 0) is 42.6 Å². The molecule has 1 saturated heterocycles. The molecule has 1 unspecified atom stereocenters. The van der Waals surface area contributed by atoms with E-state index >= 15 is 0 Å². The summed E-state index contributed by atoms with van der Waals surface area (Å²) in [5.41, 5.74) is 0. The fraction of sp³-hybridized carbons (Fsp3) is 0.905. The summed E-state index contributed by atoms with van der Waals surface area (Å²) in [4.78, 5) is 0. The Morgan fingerprint density at radius 2 is 1.03 bits per heavy atom. The van der Waals surface area contributed by atoms with Gasteiger partial charge in [0.1, 0.15) is 6.61 Å². The molecular formula is C21H40O9. The number of hydrogen-bond donors (Lipinski definition) is 0. The Labute approximate surface area is 180 Å². The van der Waals surface area contributed by atoms with E-state index in [1.807, 2.05) is 0 Å². The summed E-state index contributed by atoms with van der Waals surface area (Å²) in [6.07, 6.45) is 4.62. The third-order valence-electron chi connectivity index (χ3n) is 3.99. The molecule has 0 aliphatic carbocycles. The van der Waals surface area contributed by atoms with Crippen molar-refractivity contribution in [2.24, 2.45) is 0 Å². The van der Waals surface area contributed by atoms with Crippen molar-refractivity contribution in [2.45, 2.75) is 25.6 Å². The van der Waals surface area contributed by atoms with Gasteiger partial charge < -0.3 is 42.6 Å². The summed E-state index contributed by atoms with van der Waals surface area (Å²) in [5.74, 6) is 0. The highest BCUT2D eigenvalue weighted by Gasteiger charge is 2.13. The molecule has 0 aromatic carbocycles. The lowest BCUT2D eigenvalue weighted by atomic mass is 10.2. The van der Waals surface area contributed by atoms with Gasteiger partial charge in [0.2, 0.25) is 0 Å². The molecule has 1 atom stereocenters. The van der Waals surface area contributed by atoms with Gasteiger partial charge >= 0.3 is 0 Å². The zero-order valence-electron chi connectivity index (χ0n) is 18.3. The Kier molecular flexibility index (Phi) is 20.8. The molecule has 1 aliphatic rings. The van der Waals surface area contributed by atoms with Crippen LogP contribution in [-0.4, -0.2) is 105 Å². The molecule has 9 heteroatoms. The van der Waals surface area contributed by atoms with E-state index in [0.29, 0.717) is 92.5 Å². The van der Waals surface area contributed by atoms with Gasteiger partial charge in [-0.05, 0) is 19.3 Å². The largest absolute Gasteiger partial charge is 0.499 e. The molecule has 1 fully saturated rings. The van der Waals surface area contributed by atoms with Crippen LogP contribution in [0.2, 0.25) is 0 Å². The van der Waals surface area contributed by atoms with E-state index in [1.165, 1.54) is 12.7 Å². The molecule has 9 nitrogen and oxygen atoms in total. The van der Waals surface area contributed by atoms with Crippen molar-refractivity contribution in [1.29, 1.82) is 0 Å². The van der Waals surface area contributed by atoms with E-state index in [1.54, 1.807) is 0 Å². The fourth-order valence-electron chi connectivity index (χ4n) is 2.47. The maximum atomic E-state index is 5.58. The third-order valence-corrected chi connectivity index (χ3v) is 3.99. The normalized spacial score (nSPS) is 16.6. The van der Waals surface area contributed by atoms with Crippen LogP contribution in [0.15, 0.2) is 12.8 Å². The predicted octanol–water partition coefficient (Wildman–Crippen LogP) is 1.79. The Bertz CT molecular complexity index is 351. The first-order chi connectivity index (χ1) is 14.9. The van der Waals surface area contributed by atoms with Crippen LogP contribution in [0, 0.1) is 0 Å². The first-order valence-electron chi connectivity index (χ1n) is 10.9. The lowest BCUT2D eigenvalue weighted by Gasteiger charge is -2.22. The molecule has 0 spiro atoms. The summed E-state index contributed by atoms with van der Waals surface area (Å²) in [7, 11) is 0. The van der Waals surface area contributed by atoms with Gasteiger partial charge in [0.15, 0.2) is 6.29 Å². The standard InChI is InChI=1S/C21H40O9/c1-2-22-7-8-23-9-10-24-11-12-25-13-14-26-15-16-27-17-18-28-19-20-30-21-5-3-4-6-29-21/h2,21H,1,3-20H2.